The zero-order chi connectivity index (χ0) is 21.2. The summed E-state index contributed by atoms with van der Waals surface area (Å²) in [7, 11) is 7.46. The van der Waals surface area contributed by atoms with Crippen LogP contribution in [-0.2, 0) is 4.74 Å². The van der Waals surface area contributed by atoms with Gasteiger partial charge in [-0.05, 0) is 52.6 Å². The Morgan fingerprint density at radius 2 is 1.69 bits per heavy atom. The van der Waals surface area contributed by atoms with E-state index in [9.17, 15) is 4.79 Å². The van der Waals surface area contributed by atoms with Gasteiger partial charge in [0.05, 0.1) is 13.2 Å². The van der Waals surface area contributed by atoms with Crippen LogP contribution in [0.3, 0.4) is 0 Å². The van der Waals surface area contributed by atoms with Crippen molar-refractivity contribution in [3.05, 3.63) is 29.8 Å². The van der Waals surface area contributed by atoms with Gasteiger partial charge >= 0.3 is 6.09 Å². The van der Waals surface area contributed by atoms with E-state index in [0.717, 1.165) is 5.75 Å². The minimum absolute atomic E-state index is 0. The fourth-order valence-corrected chi connectivity index (χ4v) is 2.50. The molecule has 29 heavy (non-hydrogen) atoms. The first-order valence-corrected chi connectivity index (χ1v) is 9.38. The number of hydrogen-bond acceptors (Lipinski definition) is 5. The second-order valence-electron chi connectivity index (χ2n) is 7.56. The molecule has 0 aliphatic rings. The van der Waals surface area contributed by atoms with Crippen molar-refractivity contribution in [1.29, 1.82) is 0 Å². The fourth-order valence-electron chi connectivity index (χ4n) is 2.50. The maximum absolute atomic E-state index is 11.6. The van der Waals surface area contributed by atoms with Crippen LogP contribution in [0.25, 0.3) is 0 Å². The maximum Gasteiger partial charge on any atom is 0.407 e. The standard InChI is InChI=1S/C20H35N5O3.HI/c1-20(2,3)28-19(26)23-13-12-22-18(21-4)24-14-17(25(5)6)15-8-10-16(27-7)11-9-15;/h8-11,17H,12-14H2,1-7H3,(H,23,26)(H2,21,22,24);1H. The highest BCUT2D eigenvalue weighted by Gasteiger charge is 2.16. The summed E-state index contributed by atoms with van der Waals surface area (Å²) in [6.45, 7) is 7.15. The van der Waals surface area contributed by atoms with Gasteiger partial charge in [-0.1, -0.05) is 12.1 Å². The van der Waals surface area contributed by atoms with Gasteiger partial charge < -0.3 is 30.3 Å². The lowest BCUT2D eigenvalue weighted by Crippen LogP contribution is -2.44. The van der Waals surface area contributed by atoms with Crippen LogP contribution in [0.5, 0.6) is 5.75 Å². The molecule has 1 rings (SSSR count). The van der Waals surface area contributed by atoms with Gasteiger partial charge in [0.1, 0.15) is 11.4 Å². The number of ether oxygens (including phenoxy) is 2. The summed E-state index contributed by atoms with van der Waals surface area (Å²) in [6, 6.07) is 8.21. The Morgan fingerprint density at radius 1 is 1.10 bits per heavy atom. The minimum Gasteiger partial charge on any atom is -0.497 e. The molecule has 9 heteroatoms. The van der Waals surface area contributed by atoms with E-state index in [-0.39, 0.29) is 30.0 Å². The number of likely N-dealkylation sites (N-methyl/N-ethyl adjacent to an activating group) is 1. The van der Waals surface area contributed by atoms with E-state index in [2.05, 4.69) is 38.0 Å². The van der Waals surface area contributed by atoms with E-state index < -0.39 is 11.7 Å². The molecule has 0 aliphatic carbocycles. The number of aliphatic imine (C=N–C) groups is 1. The Balaban J connectivity index is 0.00000784. The fraction of sp³-hybridized carbons (Fsp3) is 0.600. The first kappa shape index (κ1) is 27.2. The Hall–Kier alpha value is -1.75. The third-order valence-electron chi connectivity index (χ3n) is 3.90. The number of alkyl carbamates (subject to hydrolysis) is 1. The zero-order valence-electron chi connectivity index (χ0n) is 18.5. The van der Waals surface area contributed by atoms with E-state index in [0.29, 0.717) is 25.6 Å². The molecule has 0 heterocycles. The number of amides is 1. The molecule has 0 saturated heterocycles. The lowest BCUT2D eigenvalue weighted by atomic mass is 10.1. The summed E-state index contributed by atoms with van der Waals surface area (Å²) in [5.41, 5.74) is 0.679. The van der Waals surface area contributed by atoms with Crippen molar-refractivity contribution in [2.24, 2.45) is 4.99 Å². The van der Waals surface area contributed by atoms with Gasteiger partial charge in [0, 0.05) is 26.7 Å². The Bertz CT molecular complexity index is 630. The van der Waals surface area contributed by atoms with Crippen LogP contribution < -0.4 is 20.7 Å². The number of halogens is 1. The highest BCUT2D eigenvalue weighted by atomic mass is 127. The van der Waals surface area contributed by atoms with E-state index in [4.69, 9.17) is 9.47 Å². The topological polar surface area (TPSA) is 87.2 Å². The van der Waals surface area contributed by atoms with Crippen LogP contribution in [0.1, 0.15) is 32.4 Å². The number of guanidine groups is 1. The molecular formula is C20H36IN5O3. The van der Waals surface area contributed by atoms with E-state index in [1.54, 1.807) is 14.2 Å². The first-order valence-electron chi connectivity index (χ1n) is 9.38. The summed E-state index contributed by atoms with van der Waals surface area (Å²) in [5, 5.41) is 9.22. The summed E-state index contributed by atoms with van der Waals surface area (Å²) < 4.78 is 10.4. The van der Waals surface area contributed by atoms with Crippen LogP contribution in [0.2, 0.25) is 0 Å². The third kappa shape index (κ3) is 11.1. The Labute approximate surface area is 191 Å². The van der Waals surface area contributed by atoms with Gasteiger partial charge in [0.25, 0.3) is 0 Å². The van der Waals surface area contributed by atoms with Gasteiger partial charge in [-0.15, -0.1) is 24.0 Å². The largest absolute Gasteiger partial charge is 0.497 e. The van der Waals surface area contributed by atoms with Crippen molar-refractivity contribution in [1.82, 2.24) is 20.9 Å². The van der Waals surface area contributed by atoms with Gasteiger partial charge in [0.2, 0.25) is 0 Å². The molecule has 0 bridgehead atoms. The van der Waals surface area contributed by atoms with Crippen molar-refractivity contribution in [2.75, 3.05) is 47.9 Å². The number of hydrogen-bond donors (Lipinski definition) is 3. The predicted molar refractivity (Wildman–Crippen MR) is 128 cm³/mol. The minimum atomic E-state index is -0.502. The highest BCUT2D eigenvalue weighted by molar-refractivity contribution is 14.0. The van der Waals surface area contributed by atoms with Crippen LogP contribution in [0.15, 0.2) is 29.3 Å². The zero-order valence-corrected chi connectivity index (χ0v) is 20.9. The molecule has 1 amide bonds. The normalized spacial score (nSPS) is 12.6. The number of benzene rings is 1. The molecule has 0 aromatic heterocycles. The number of carbonyl (C=O) groups excluding carboxylic acids is 1. The molecule has 0 fully saturated rings. The third-order valence-corrected chi connectivity index (χ3v) is 3.90. The average Bonchev–Trinajstić information content (AvgIpc) is 2.62. The van der Waals surface area contributed by atoms with Crippen molar-refractivity contribution in [3.63, 3.8) is 0 Å². The summed E-state index contributed by atoms with van der Waals surface area (Å²) in [5.74, 6) is 1.51. The molecule has 0 radical (unpaired) electrons. The van der Waals surface area contributed by atoms with Gasteiger partial charge in [-0.3, -0.25) is 4.99 Å². The summed E-state index contributed by atoms with van der Waals surface area (Å²) >= 11 is 0. The second-order valence-corrected chi connectivity index (χ2v) is 7.56. The number of nitrogens with one attached hydrogen (secondary N) is 3. The molecule has 0 saturated carbocycles. The van der Waals surface area contributed by atoms with Crippen LogP contribution >= 0.6 is 24.0 Å². The Kier molecular flexibility index (Phi) is 12.7. The summed E-state index contributed by atoms with van der Waals surface area (Å²) in [6.07, 6.45) is -0.426. The molecule has 0 aliphatic heterocycles. The van der Waals surface area contributed by atoms with Crippen LogP contribution in [-0.4, -0.2) is 70.4 Å². The Morgan fingerprint density at radius 3 is 2.17 bits per heavy atom. The number of carbonyl (C=O) groups is 1. The lowest BCUT2D eigenvalue weighted by Gasteiger charge is -2.26. The van der Waals surface area contributed by atoms with E-state index in [1.807, 2.05) is 47.0 Å². The number of rotatable bonds is 8. The lowest BCUT2D eigenvalue weighted by molar-refractivity contribution is 0.0529. The van der Waals surface area contributed by atoms with E-state index >= 15 is 0 Å². The molecule has 1 aromatic carbocycles. The average molecular weight is 521 g/mol. The molecule has 1 atom stereocenters. The smallest absolute Gasteiger partial charge is 0.407 e. The molecule has 1 unspecified atom stereocenters. The molecule has 1 aromatic rings. The molecular weight excluding hydrogens is 485 g/mol. The molecule has 8 nitrogen and oxygen atoms in total. The van der Waals surface area contributed by atoms with Gasteiger partial charge in [-0.25, -0.2) is 4.79 Å². The van der Waals surface area contributed by atoms with Crippen LogP contribution in [0, 0.1) is 0 Å². The highest BCUT2D eigenvalue weighted by Crippen LogP contribution is 2.20. The SMILES string of the molecule is CN=C(NCCNC(=O)OC(C)(C)C)NCC(c1ccc(OC)cc1)N(C)C.I. The molecule has 166 valence electrons. The van der Waals surface area contributed by atoms with E-state index in [1.165, 1.54) is 5.56 Å². The predicted octanol–water partition coefficient (Wildman–Crippen LogP) is 2.61. The summed E-state index contributed by atoms with van der Waals surface area (Å²) in [4.78, 5) is 18.0. The molecule has 3 N–H and O–H groups in total. The second kappa shape index (κ2) is 13.5. The molecule has 0 spiro atoms. The van der Waals surface area contributed by atoms with Crippen molar-refractivity contribution in [2.45, 2.75) is 32.4 Å². The number of methoxy groups -OCH3 is 1. The van der Waals surface area contributed by atoms with Crippen molar-refractivity contribution >= 4 is 36.0 Å². The van der Waals surface area contributed by atoms with Crippen LogP contribution in [0.4, 0.5) is 4.79 Å². The monoisotopic (exact) mass is 521 g/mol. The quantitative estimate of drug-likeness (QED) is 0.211. The maximum atomic E-state index is 11.6. The van der Waals surface area contributed by atoms with Gasteiger partial charge in [-0.2, -0.15) is 0 Å². The van der Waals surface area contributed by atoms with Gasteiger partial charge in [0.15, 0.2) is 5.96 Å². The van der Waals surface area contributed by atoms with Crippen molar-refractivity contribution < 1.29 is 14.3 Å². The van der Waals surface area contributed by atoms with Crippen molar-refractivity contribution in [3.8, 4) is 5.75 Å². The number of nitrogens with zero attached hydrogens (tertiary/aromatic N) is 2. The first-order chi connectivity index (χ1) is 13.2.